The average Bonchev–Trinajstić information content (AvgIpc) is 3.49. The number of morpholine rings is 1. The predicted molar refractivity (Wildman–Crippen MR) is 134 cm³/mol. The van der Waals surface area contributed by atoms with Crippen LogP contribution in [-0.2, 0) is 20.9 Å². The summed E-state index contributed by atoms with van der Waals surface area (Å²) in [4.78, 5) is 14.3. The molecule has 1 saturated heterocycles. The van der Waals surface area contributed by atoms with E-state index in [2.05, 4.69) is 52.8 Å². The number of aliphatic hydroxyl groups excluding tert-OH is 1. The molecule has 7 heteroatoms. The van der Waals surface area contributed by atoms with E-state index in [9.17, 15) is 9.90 Å². The van der Waals surface area contributed by atoms with Gasteiger partial charge in [-0.2, -0.15) is 0 Å². The first-order chi connectivity index (χ1) is 16.6. The van der Waals surface area contributed by atoms with Crippen LogP contribution in [0.15, 0.2) is 53.9 Å². The Balaban J connectivity index is 1.37. The topological polar surface area (TPSA) is 79.2 Å². The molecule has 2 aromatic rings. The van der Waals surface area contributed by atoms with Crippen LogP contribution in [0.1, 0.15) is 37.7 Å². The number of nitrogens with zero attached hydrogens (tertiary/aromatic N) is 1. The number of carboxylic acid groups (broad SMARTS) is 1. The van der Waals surface area contributed by atoms with Gasteiger partial charge in [-0.25, -0.2) is 0 Å². The second-order valence-corrected chi connectivity index (χ2v) is 10.1. The summed E-state index contributed by atoms with van der Waals surface area (Å²) in [7, 11) is 0. The lowest BCUT2D eigenvalue weighted by molar-refractivity contribution is -0.136. The molecule has 2 fully saturated rings. The highest BCUT2D eigenvalue weighted by molar-refractivity contribution is 7.13. The van der Waals surface area contributed by atoms with Gasteiger partial charge in [0, 0.05) is 42.8 Å². The molecule has 0 amide bonds. The molecule has 2 N–H and O–H groups in total. The van der Waals surface area contributed by atoms with Gasteiger partial charge in [0.25, 0.3) is 0 Å². The molecule has 1 aromatic carbocycles. The molecular weight excluding hydrogens is 450 g/mol. The molecule has 0 radical (unpaired) electrons. The van der Waals surface area contributed by atoms with Crippen molar-refractivity contribution in [2.24, 2.45) is 5.92 Å². The number of rotatable bonds is 11. The monoisotopic (exact) mass is 485 g/mol. The smallest absolute Gasteiger partial charge is 0.303 e. The highest BCUT2D eigenvalue weighted by Crippen LogP contribution is 2.37. The van der Waals surface area contributed by atoms with Crippen LogP contribution >= 0.6 is 11.3 Å². The summed E-state index contributed by atoms with van der Waals surface area (Å²) >= 11 is 1.74. The fourth-order valence-corrected chi connectivity index (χ4v) is 5.87. The lowest BCUT2D eigenvalue weighted by Crippen LogP contribution is -2.50. The first-order valence-corrected chi connectivity index (χ1v) is 13.1. The van der Waals surface area contributed by atoms with Crippen LogP contribution < -0.4 is 0 Å². The van der Waals surface area contributed by atoms with Crippen molar-refractivity contribution in [3.63, 3.8) is 0 Å². The molecule has 1 aliphatic heterocycles. The van der Waals surface area contributed by atoms with Gasteiger partial charge in [-0.3, -0.25) is 9.69 Å². The minimum atomic E-state index is -0.771. The lowest BCUT2D eigenvalue weighted by Gasteiger charge is -2.38. The van der Waals surface area contributed by atoms with Crippen LogP contribution in [0, 0.1) is 5.92 Å². The zero-order valence-electron chi connectivity index (χ0n) is 19.6. The summed E-state index contributed by atoms with van der Waals surface area (Å²) in [6.07, 6.45) is 6.72. The molecule has 1 aliphatic carbocycles. The lowest BCUT2D eigenvalue weighted by atomic mass is 9.93. The highest BCUT2D eigenvalue weighted by atomic mass is 32.1. The second kappa shape index (κ2) is 12.6. The molecule has 1 aromatic heterocycles. The number of aliphatic hydroxyl groups is 1. The van der Waals surface area contributed by atoms with Crippen molar-refractivity contribution in [1.29, 1.82) is 0 Å². The third-order valence-electron chi connectivity index (χ3n) is 6.83. The van der Waals surface area contributed by atoms with Gasteiger partial charge in [0.15, 0.2) is 0 Å². The minimum Gasteiger partial charge on any atom is -0.481 e. The van der Waals surface area contributed by atoms with E-state index in [4.69, 9.17) is 14.6 Å². The summed E-state index contributed by atoms with van der Waals surface area (Å²) in [6.45, 7) is 3.61. The third-order valence-corrected chi connectivity index (χ3v) is 7.75. The van der Waals surface area contributed by atoms with Crippen LogP contribution in [0.3, 0.4) is 0 Å². The van der Waals surface area contributed by atoms with E-state index in [1.54, 1.807) is 11.3 Å². The summed E-state index contributed by atoms with van der Waals surface area (Å²) in [5, 5.41) is 21.9. The number of benzene rings is 1. The first kappa shape index (κ1) is 25.1. The number of aliphatic carboxylic acids is 1. The molecule has 2 heterocycles. The Kier molecular flexibility index (Phi) is 9.30. The van der Waals surface area contributed by atoms with E-state index < -0.39 is 12.1 Å². The zero-order chi connectivity index (χ0) is 23.8. The van der Waals surface area contributed by atoms with Crippen molar-refractivity contribution in [1.82, 2.24) is 4.90 Å². The molecule has 4 atom stereocenters. The zero-order valence-corrected chi connectivity index (χ0v) is 20.4. The minimum absolute atomic E-state index is 0.00719. The Morgan fingerprint density at radius 2 is 1.91 bits per heavy atom. The van der Waals surface area contributed by atoms with Crippen LogP contribution in [0.25, 0.3) is 10.4 Å². The Morgan fingerprint density at radius 3 is 2.62 bits per heavy atom. The number of thiophene rings is 1. The number of carbonyl (C=O) groups is 1. The largest absolute Gasteiger partial charge is 0.481 e. The van der Waals surface area contributed by atoms with Gasteiger partial charge in [0.1, 0.15) is 0 Å². The van der Waals surface area contributed by atoms with E-state index in [0.717, 1.165) is 31.5 Å². The van der Waals surface area contributed by atoms with E-state index in [0.29, 0.717) is 32.7 Å². The van der Waals surface area contributed by atoms with Gasteiger partial charge in [0.05, 0.1) is 32.0 Å². The maximum absolute atomic E-state index is 11.0. The summed E-state index contributed by atoms with van der Waals surface area (Å²) in [6, 6.07) is 12.8. The van der Waals surface area contributed by atoms with Crippen molar-refractivity contribution in [2.45, 2.75) is 57.0 Å². The molecule has 6 nitrogen and oxygen atoms in total. The van der Waals surface area contributed by atoms with Gasteiger partial charge in [-0.05, 0) is 41.8 Å². The van der Waals surface area contributed by atoms with E-state index in [-0.39, 0.29) is 24.5 Å². The Hall–Kier alpha value is -2.03. The number of allylic oxidation sites excluding steroid dienone is 2. The standard InChI is InChI=1S/C27H35NO5S/c29-23-18-24(33-19-20-9-11-21(12-10-20)25-7-5-17-34-25)22(6-3-1-2-4-8-26(30)31)27(23)28-13-15-32-16-14-28/h1-2,5,7,9-12,17,22-24,27,29H,3-4,6,8,13-16,18-19H2,(H,30,31)/t22-,23-,24-,27+/m0/s1. The van der Waals surface area contributed by atoms with Crippen molar-refractivity contribution in [3.05, 3.63) is 59.5 Å². The van der Waals surface area contributed by atoms with Gasteiger partial charge in [-0.1, -0.05) is 42.5 Å². The molecule has 2 aliphatic rings. The number of ether oxygens (including phenoxy) is 2. The summed E-state index contributed by atoms with van der Waals surface area (Å²) in [5.41, 5.74) is 2.35. The fourth-order valence-electron chi connectivity index (χ4n) is 5.14. The van der Waals surface area contributed by atoms with Gasteiger partial charge in [0.2, 0.25) is 0 Å². The van der Waals surface area contributed by atoms with Gasteiger partial charge in [-0.15, -0.1) is 11.3 Å². The Morgan fingerprint density at radius 1 is 1.15 bits per heavy atom. The number of hydrogen-bond donors (Lipinski definition) is 2. The van der Waals surface area contributed by atoms with Crippen LogP contribution in [-0.4, -0.2) is 65.6 Å². The Labute approximate surface area is 205 Å². The number of hydrogen-bond acceptors (Lipinski definition) is 6. The quantitative estimate of drug-likeness (QED) is 0.454. The van der Waals surface area contributed by atoms with E-state index in [1.807, 2.05) is 6.08 Å². The maximum atomic E-state index is 11.0. The van der Waals surface area contributed by atoms with Crippen molar-refractivity contribution < 1.29 is 24.5 Å². The van der Waals surface area contributed by atoms with Crippen molar-refractivity contribution in [2.75, 3.05) is 26.3 Å². The van der Waals surface area contributed by atoms with Crippen molar-refractivity contribution >= 4 is 17.3 Å². The van der Waals surface area contributed by atoms with Gasteiger partial charge >= 0.3 is 5.97 Å². The first-order valence-electron chi connectivity index (χ1n) is 12.2. The predicted octanol–water partition coefficient (Wildman–Crippen LogP) is 4.58. The highest BCUT2D eigenvalue weighted by Gasteiger charge is 2.45. The maximum Gasteiger partial charge on any atom is 0.303 e. The van der Waals surface area contributed by atoms with Crippen molar-refractivity contribution in [3.8, 4) is 10.4 Å². The molecule has 0 spiro atoms. The molecule has 184 valence electrons. The molecule has 1 saturated carbocycles. The molecule has 0 unspecified atom stereocenters. The van der Waals surface area contributed by atoms with E-state index in [1.165, 1.54) is 10.4 Å². The molecule has 0 bridgehead atoms. The molecular formula is C27H35NO5S. The third kappa shape index (κ3) is 6.77. The van der Waals surface area contributed by atoms with E-state index >= 15 is 0 Å². The average molecular weight is 486 g/mol. The fraction of sp³-hybridized carbons (Fsp3) is 0.519. The van der Waals surface area contributed by atoms with Crippen LogP contribution in [0.5, 0.6) is 0 Å². The van der Waals surface area contributed by atoms with Gasteiger partial charge < -0.3 is 19.7 Å². The number of carboxylic acids is 1. The summed E-state index contributed by atoms with van der Waals surface area (Å²) < 4.78 is 11.9. The molecule has 34 heavy (non-hydrogen) atoms. The van der Waals surface area contributed by atoms with Crippen LogP contribution in [0.2, 0.25) is 0 Å². The second-order valence-electron chi connectivity index (χ2n) is 9.11. The molecule has 4 rings (SSSR count). The summed E-state index contributed by atoms with van der Waals surface area (Å²) in [5.74, 6) is -0.546. The Bertz CT molecular complexity index is 908. The van der Waals surface area contributed by atoms with Crippen LogP contribution in [0.4, 0.5) is 0 Å². The normalized spacial score (nSPS) is 25.8. The SMILES string of the molecule is O=C(O)CCC=CCC[C@@H]1[C@@H](N2CCOCC2)[C@@H](O)C[C@@H]1OCc1ccc(-c2cccs2)cc1.